The molecule has 2 saturated heterocycles. The zero-order chi connectivity index (χ0) is 21.9. The number of nitrogens with zero attached hydrogens (tertiary/aromatic N) is 4. The van der Waals surface area contributed by atoms with Crippen LogP contribution < -0.4 is 10.6 Å². The maximum Gasteiger partial charge on any atom is 0.191 e. The first kappa shape index (κ1) is 24.0. The molecule has 2 fully saturated rings. The third-order valence-electron chi connectivity index (χ3n) is 6.68. The largest absolute Gasteiger partial charge is 0.357 e. The van der Waals surface area contributed by atoms with Gasteiger partial charge in [0.1, 0.15) is 0 Å². The fourth-order valence-corrected chi connectivity index (χ4v) is 4.63. The Morgan fingerprint density at radius 2 is 1.84 bits per heavy atom. The number of piperazine rings is 1. The molecule has 2 heterocycles. The lowest BCUT2D eigenvalue weighted by molar-refractivity contribution is 0.134. The molecule has 2 aliphatic rings. The molecule has 174 valence electrons. The van der Waals surface area contributed by atoms with Gasteiger partial charge in [0, 0.05) is 64.4 Å². The van der Waals surface area contributed by atoms with Crippen molar-refractivity contribution in [2.24, 2.45) is 4.99 Å². The molecule has 0 aliphatic carbocycles. The molecule has 0 spiro atoms. The summed E-state index contributed by atoms with van der Waals surface area (Å²) in [5.41, 5.74) is 1.41. The summed E-state index contributed by atoms with van der Waals surface area (Å²) in [5, 5.41) is 7.16. The molecule has 1 aromatic carbocycles. The number of guanidine groups is 1. The second-order valence-corrected chi connectivity index (χ2v) is 9.28. The minimum atomic E-state index is 0.505. The molecule has 0 radical (unpaired) electrons. The van der Waals surface area contributed by atoms with E-state index in [9.17, 15) is 0 Å². The molecule has 0 bridgehead atoms. The Morgan fingerprint density at radius 3 is 2.55 bits per heavy atom. The van der Waals surface area contributed by atoms with E-state index >= 15 is 0 Å². The van der Waals surface area contributed by atoms with Crippen LogP contribution in [-0.2, 0) is 6.54 Å². The monoisotopic (exact) mass is 428 g/mol. The van der Waals surface area contributed by atoms with Crippen LogP contribution >= 0.6 is 0 Å². The predicted molar refractivity (Wildman–Crippen MR) is 132 cm³/mol. The normalized spacial score (nSPS) is 24.3. The summed E-state index contributed by atoms with van der Waals surface area (Å²) >= 11 is 0. The van der Waals surface area contributed by atoms with E-state index in [1.807, 2.05) is 0 Å². The van der Waals surface area contributed by atoms with Crippen LogP contribution in [0.25, 0.3) is 0 Å². The summed E-state index contributed by atoms with van der Waals surface area (Å²) in [4.78, 5) is 12.5. The van der Waals surface area contributed by atoms with Gasteiger partial charge in [0.05, 0.1) is 0 Å². The summed E-state index contributed by atoms with van der Waals surface area (Å²) in [6, 6.07) is 11.9. The van der Waals surface area contributed by atoms with Gasteiger partial charge in [-0.25, -0.2) is 0 Å². The van der Waals surface area contributed by atoms with Crippen molar-refractivity contribution < 1.29 is 0 Å². The first-order valence-electron chi connectivity index (χ1n) is 12.4. The third-order valence-corrected chi connectivity index (χ3v) is 6.68. The van der Waals surface area contributed by atoms with Crippen LogP contribution in [0.15, 0.2) is 35.3 Å². The van der Waals surface area contributed by atoms with Crippen molar-refractivity contribution in [1.82, 2.24) is 25.3 Å². The molecule has 2 aliphatic heterocycles. The van der Waals surface area contributed by atoms with Crippen LogP contribution in [0.4, 0.5) is 0 Å². The average Bonchev–Trinajstić information content (AvgIpc) is 2.77. The highest BCUT2D eigenvalue weighted by Crippen LogP contribution is 2.20. The van der Waals surface area contributed by atoms with Crippen molar-refractivity contribution in [3.63, 3.8) is 0 Å². The van der Waals surface area contributed by atoms with Gasteiger partial charge < -0.3 is 20.4 Å². The van der Waals surface area contributed by atoms with Gasteiger partial charge in [0.2, 0.25) is 0 Å². The fourth-order valence-electron chi connectivity index (χ4n) is 4.63. The molecule has 0 saturated carbocycles. The molecule has 2 unspecified atom stereocenters. The van der Waals surface area contributed by atoms with Crippen molar-refractivity contribution in [3.8, 4) is 0 Å². The standard InChI is InChI=1S/C25H44N6/c1-4-26-25(27-13-8-9-14-30-18-16-29(3)17-19-30)28-24-12-15-31(22(2)20-24)21-23-10-6-5-7-11-23/h5-7,10-11,22,24H,4,8-9,12-21H2,1-3H3,(H2,26,27,28). The molecule has 31 heavy (non-hydrogen) atoms. The van der Waals surface area contributed by atoms with Crippen LogP contribution in [0.1, 0.15) is 45.1 Å². The minimum absolute atomic E-state index is 0.505. The molecule has 0 aromatic heterocycles. The zero-order valence-electron chi connectivity index (χ0n) is 20.0. The lowest BCUT2D eigenvalue weighted by atomic mass is 9.97. The highest BCUT2D eigenvalue weighted by Gasteiger charge is 2.26. The molecule has 6 heteroatoms. The third kappa shape index (κ3) is 8.43. The number of aliphatic imine (C=N–C) groups is 1. The molecule has 2 N–H and O–H groups in total. The number of likely N-dealkylation sites (tertiary alicyclic amines) is 1. The van der Waals surface area contributed by atoms with Gasteiger partial charge in [0.25, 0.3) is 0 Å². The predicted octanol–water partition coefficient (Wildman–Crippen LogP) is 2.62. The Kier molecular flexibility index (Phi) is 10.1. The summed E-state index contributed by atoms with van der Waals surface area (Å²) in [7, 11) is 2.22. The van der Waals surface area contributed by atoms with E-state index in [0.29, 0.717) is 12.1 Å². The van der Waals surface area contributed by atoms with Gasteiger partial charge >= 0.3 is 0 Å². The van der Waals surface area contributed by atoms with Crippen LogP contribution in [0, 0.1) is 0 Å². The van der Waals surface area contributed by atoms with E-state index < -0.39 is 0 Å². The number of piperidine rings is 1. The van der Waals surface area contributed by atoms with Crippen molar-refractivity contribution in [2.45, 2.75) is 58.2 Å². The fraction of sp³-hybridized carbons (Fsp3) is 0.720. The van der Waals surface area contributed by atoms with Crippen molar-refractivity contribution in [3.05, 3.63) is 35.9 Å². The Morgan fingerprint density at radius 1 is 1.06 bits per heavy atom. The van der Waals surface area contributed by atoms with Crippen molar-refractivity contribution in [2.75, 3.05) is 59.4 Å². The Balaban J connectivity index is 1.37. The average molecular weight is 429 g/mol. The molecular weight excluding hydrogens is 384 g/mol. The summed E-state index contributed by atoms with van der Waals surface area (Å²) in [6.45, 7) is 14.6. The van der Waals surface area contributed by atoms with Gasteiger partial charge in [-0.2, -0.15) is 0 Å². The van der Waals surface area contributed by atoms with Crippen LogP contribution in [-0.4, -0.2) is 92.1 Å². The SMILES string of the molecule is CCNC(=NCCCCN1CCN(C)CC1)NC1CCN(Cc2ccccc2)C(C)C1. The van der Waals surface area contributed by atoms with Crippen LogP contribution in [0.2, 0.25) is 0 Å². The zero-order valence-corrected chi connectivity index (χ0v) is 20.0. The lowest BCUT2D eigenvalue weighted by Gasteiger charge is -2.38. The number of likely N-dealkylation sites (N-methyl/N-ethyl adjacent to an activating group) is 1. The number of benzene rings is 1. The van der Waals surface area contributed by atoms with Gasteiger partial charge in [-0.15, -0.1) is 0 Å². The maximum absolute atomic E-state index is 4.87. The summed E-state index contributed by atoms with van der Waals surface area (Å²) in [6.07, 6.45) is 4.74. The highest BCUT2D eigenvalue weighted by atomic mass is 15.2. The van der Waals surface area contributed by atoms with E-state index in [4.69, 9.17) is 4.99 Å². The van der Waals surface area contributed by atoms with Gasteiger partial charge in [-0.05, 0) is 58.7 Å². The first-order valence-corrected chi connectivity index (χ1v) is 12.4. The Bertz CT molecular complexity index is 641. The lowest BCUT2D eigenvalue weighted by Crippen LogP contribution is -2.51. The second-order valence-electron chi connectivity index (χ2n) is 9.28. The van der Waals surface area contributed by atoms with Crippen molar-refractivity contribution in [1.29, 1.82) is 0 Å². The number of hydrogen-bond acceptors (Lipinski definition) is 4. The van der Waals surface area contributed by atoms with E-state index in [1.54, 1.807) is 0 Å². The molecule has 2 atom stereocenters. The van der Waals surface area contributed by atoms with Gasteiger partial charge in [-0.3, -0.25) is 9.89 Å². The number of hydrogen-bond donors (Lipinski definition) is 2. The molecular formula is C25H44N6. The number of rotatable bonds is 9. The molecule has 6 nitrogen and oxygen atoms in total. The molecule has 3 rings (SSSR count). The maximum atomic E-state index is 4.87. The van der Waals surface area contributed by atoms with Crippen LogP contribution in [0.5, 0.6) is 0 Å². The molecule has 0 amide bonds. The van der Waals surface area contributed by atoms with E-state index in [-0.39, 0.29) is 0 Å². The van der Waals surface area contributed by atoms with E-state index in [1.165, 1.54) is 57.5 Å². The van der Waals surface area contributed by atoms with E-state index in [0.717, 1.165) is 38.6 Å². The quantitative estimate of drug-likeness (QED) is 0.360. The number of unbranched alkanes of at least 4 members (excludes halogenated alkanes) is 1. The van der Waals surface area contributed by atoms with Gasteiger partial charge in [0.15, 0.2) is 5.96 Å². The summed E-state index contributed by atoms with van der Waals surface area (Å²) < 4.78 is 0. The number of nitrogens with one attached hydrogen (secondary N) is 2. The highest BCUT2D eigenvalue weighted by molar-refractivity contribution is 5.80. The Labute approximate surface area is 190 Å². The van der Waals surface area contributed by atoms with Crippen LogP contribution in [0.3, 0.4) is 0 Å². The Hall–Kier alpha value is -1.63. The molecule has 1 aromatic rings. The smallest absolute Gasteiger partial charge is 0.191 e. The van der Waals surface area contributed by atoms with E-state index in [2.05, 4.69) is 76.6 Å². The summed E-state index contributed by atoms with van der Waals surface area (Å²) in [5.74, 6) is 0.996. The first-order chi connectivity index (χ1) is 15.1. The van der Waals surface area contributed by atoms with Gasteiger partial charge in [-0.1, -0.05) is 30.3 Å². The topological polar surface area (TPSA) is 46.1 Å². The van der Waals surface area contributed by atoms with Crippen molar-refractivity contribution >= 4 is 5.96 Å². The minimum Gasteiger partial charge on any atom is -0.357 e. The second kappa shape index (κ2) is 13.0.